The summed E-state index contributed by atoms with van der Waals surface area (Å²) in [4.78, 5) is 16.3. The molecular formula is C19H18ClN3O3. The Balaban J connectivity index is 1.49. The van der Waals surface area contributed by atoms with Gasteiger partial charge in [0.15, 0.2) is 0 Å². The SMILES string of the molecule is COc1ccc(CNC(=O)CCc2nc(-c3ccccc3Cl)no2)cc1. The summed E-state index contributed by atoms with van der Waals surface area (Å²) in [5.41, 5.74) is 1.70. The first-order valence-electron chi connectivity index (χ1n) is 8.13. The number of hydrogen-bond acceptors (Lipinski definition) is 5. The molecule has 0 bridgehead atoms. The van der Waals surface area contributed by atoms with Gasteiger partial charge in [-0.05, 0) is 29.8 Å². The highest BCUT2D eigenvalue weighted by molar-refractivity contribution is 6.33. The van der Waals surface area contributed by atoms with Crippen LogP contribution in [0.5, 0.6) is 5.75 Å². The van der Waals surface area contributed by atoms with Gasteiger partial charge in [-0.25, -0.2) is 0 Å². The monoisotopic (exact) mass is 371 g/mol. The minimum atomic E-state index is -0.0849. The predicted octanol–water partition coefficient (Wildman–Crippen LogP) is 3.65. The van der Waals surface area contributed by atoms with Gasteiger partial charge < -0.3 is 14.6 Å². The largest absolute Gasteiger partial charge is 0.497 e. The fourth-order valence-corrected chi connectivity index (χ4v) is 2.58. The molecule has 3 rings (SSSR count). The molecule has 3 aromatic rings. The number of halogens is 1. The van der Waals surface area contributed by atoms with Crippen LogP contribution in [0.2, 0.25) is 5.02 Å². The summed E-state index contributed by atoms with van der Waals surface area (Å²) in [7, 11) is 1.62. The van der Waals surface area contributed by atoms with E-state index in [0.29, 0.717) is 35.3 Å². The summed E-state index contributed by atoms with van der Waals surface area (Å²) in [5.74, 6) is 1.52. The van der Waals surface area contributed by atoms with Crippen LogP contribution in [-0.4, -0.2) is 23.2 Å². The van der Waals surface area contributed by atoms with Crippen molar-refractivity contribution in [3.63, 3.8) is 0 Å². The zero-order chi connectivity index (χ0) is 18.4. The Hall–Kier alpha value is -2.86. The van der Waals surface area contributed by atoms with E-state index >= 15 is 0 Å². The van der Waals surface area contributed by atoms with Crippen LogP contribution in [-0.2, 0) is 17.8 Å². The topological polar surface area (TPSA) is 77.2 Å². The molecule has 0 aliphatic rings. The van der Waals surface area contributed by atoms with Gasteiger partial charge in [-0.3, -0.25) is 4.79 Å². The lowest BCUT2D eigenvalue weighted by molar-refractivity contribution is -0.121. The summed E-state index contributed by atoms with van der Waals surface area (Å²) in [6.45, 7) is 0.456. The average Bonchev–Trinajstić information content (AvgIpc) is 3.14. The van der Waals surface area contributed by atoms with Gasteiger partial charge in [0.2, 0.25) is 17.6 Å². The lowest BCUT2D eigenvalue weighted by Crippen LogP contribution is -2.23. The van der Waals surface area contributed by atoms with Crippen LogP contribution in [0.15, 0.2) is 53.1 Å². The fraction of sp³-hybridized carbons (Fsp3) is 0.211. The maximum atomic E-state index is 12.0. The second kappa shape index (κ2) is 8.49. The van der Waals surface area contributed by atoms with Gasteiger partial charge >= 0.3 is 0 Å². The minimum absolute atomic E-state index is 0.0849. The van der Waals surface area contributed by atoms with Crippen molar-refractivity contribution in [2.75, 3.05) is 7.11 Å². The van der Waals surface area contributed by atoms with Gasteiger partial charge in [-0.2, -0.15) is 4.98 Å². The van der Waals surface area contributed by atoms with E-state index in [2.05, 4.69) is 15.5 Å². The van der Waals surface area contributed by atoms with Crippen molar-refractivity contribution < 1.29 is 14.1 Å². The van der Waals surface area contributed by atoms with Crippen molar-refractivity contribution in [3.8, 4) is 17.1 Å². The maximum absolute atomic E-state index is 12.0. The van der Waals surface area contributed by atoms with Crippen molar-refractivity contribution in [1.29, 1.82) is 0 Å². The summed E-state index contributed by atoms with van der Waals surface area (Å²) in [6.07, 6.45) is 0.631. The first kappa shape index (κ1) is 17.9. The van der Waals surface area contributed by atoms with Crippen molar-refractivity contribution >= 4 is 17.5 Å². The number of rotatable bonds is 7. The van der Waals surface area contributed by atoms with Crippen LogP contribution >= 0.6 is 11.6 Å². The Bertz CT molecular complexity index is 878. The number of benzene rings is 2. The average molecular weight is 372 g/mol. The minimum Gasteiger partial charge on any atom is -0.497 e. The number of carbonyl (C=O) groups is 1. The summed E-state index contributed by atoms with van der Waals surface area (Å²) < 4.78 is 10.3. The molecular weight excluding hydrogens is 354 g/mol. The predicted molar refractivity (Wildman–Crippen MR) is 97.9 cm³/mol. The van der Waals surface area contributed by atoms with E-state index in [1.54, 1.807) is 13.2 Å². The molecule has 0 atom stereocenters. The van der Waals surface area contributed by atoms with Crippen molar-refractivity contribution in [1.82, 2.24) is 15.5 Å². The standard InChI is InChI=1S/C19H18ClN3O3/c1-25-14-8-6-13(7-9-14)12-21-17(24)10-11-18-22-19(23-26-18)15-4-2-3-5-16(15)20/h2-9H,10-12H2,1H3,(H,21,24). The second-order valence-corrected chi connectivity index (χ2v) is 6.02. The van der Waals surface area contributed by atoms with E-state index in [0.717, 1.165) is 11.3 Å². The van der Waals surface area contributed by atoms with Gasteiger partial charge in [0, 0.05) is 24.9 Å². The zero-order valence-corrected chi connectivity index (χ0v) is 15.0. The number of methoxy groups -OCH3 is 1. The van der Waals surface area contributed by atoms with Crippen LogP contribution < -0.4 is 10.1 Å². The van der Waals surface area contributed by atoms with Gasteiger partial charge in [0.1, 0.15) is 5.75 Å². The maximum Gasteiger partial charge on any atom is 0.227 e. The highest BCUT2D eigenvalue weighted by atomic mass is 35.5. The third-order valence-electron chi connectivity index (χ3n) is 3.80. The molecule has 0 saturated heterocycles. The van der Waals surface area contributed by atoms with E-state index in [1.807, 2.05) is 42.5 Å². The fourth-order valence-electron chi connectivity index (χ4n) is 2.36. The first-order chi connectivity index (χ1) is 12.7. The molecule has 0 radical (unpaired) electrons. The van der Waals surface area contributed by atoms with Crippen molar-refractivity contribution in [3.05, 3.63) is 65.0 Å². The molecule has 0 saturated carbocycles. The molecule has 0 spiro atoms. The van der Waals surface area contributed by atoms with E-state index < -0.39 is 0 Å². The van der Waals surface area contributed by atoms with Crippen molar-refractivity contribution in [2.45, 2.75) is 19.4 Å². The first-order valence-corrected chi connectivity index (χ1v) is 8.50. The summed E-state index contributed by atoms with van der Waals surface area (Å²) in [5, 5.41) is 7.34. The molecule has 1 N–H and O–H groups in total. The number of aryl methyl sites for hydroxylation is 1. The normalized spacial score (nSPS) is 10.5. The number of amides is 1. The Morgan fingerprint density at radius 1 is 1.19 bits per heavy atom. The summed E-state index contributed by atoms with van der Waals surface area (Å²) in [6, 6.07) is 14.8. The number of ether oxygens (including phenoxy) is 1. The molecule has 0 aliphatic heterocycles. The number of hydrogen-bond donors (Lipinski definition) is 1. The number of nitrogens with one attached hydrogen (secondary N) is 1. The van der Waals surface area contributed by atoms with Crippen LogP contribution in [0, 0.1) is 0 Å². The molecule has 0 aliphatic carbocycles. The molecule has 0 unspecified atom stereocenters. The van der Waals surface area contributed by atoms with E-state index in [4.69, 9.17) is 20.9 Å². The van der Waals surface area contributed by atoms with Gasteiger partial charge in [0.05, 0.1) is 12.1 Å². The van der Waals surface area contributed by atoms with Crippen LogP contribution in [0.25, 0.3) is 11.4 Å². The summed E-state index contributed by atoms with van der Waals surface area (Å²) >= 11 is 6.12. The Labute approximate surface area is 156 Å². The molecule has 7 heteroatoms. The third-order valence-corrected chi connectivity index (χ3v) is 4.13. The Morgan fingerprint density at radius 3 is 2.69 bits per heavy atom. The van der Waals surface area contributed by atoms with Crippen LogP contribution in [0.4, 0.5) is 0 Å². The smallest absolute Gasteiger partial charge is 0.227 e. The highest BCUT2D eigenvalue weighted by Gasteiger charge is 2.12. The Kier molecular flexibility index (Phi) is 5.86. The van der Waals surface area contributed by atoms with Crippen LogP contribution in [0.3, 0.4) is 0 Å². The van der Waals surface area contributed by atoms with E-state index in [1.165, 1.54) is 0 Å². The number of carbonyl (C=O) groups excluding carboxylic acids is 1. The number of aromatic nitrogens is 2. The molecule has 1 heterocycles. The molecule has 6 nitrogen and oxygen atoms in total. The second-order valence-electron chi connectivity index (χ2n) is 5.62. The molecule has 1 aromatic heterocycles. The van der Waals surface area contributed by atoms with Gasteiger partial charge in [-0.15, -0.1) is 0 Å². The molecule has 134 valence electrons. The van der Waals surface area contributed by atoms with E-state index in [-0.39, 0.29) is 12.3 Å². The van der Waals surface area contributed by atoms with Crippen molar-refractivity contribution in [2.24, 2.45) is 0 Å². The lowest BCUT2D eigenvalue weighted by atomic mass is 10.2. The quantitative estimate of drug-likeness (QED) is 0.686. The lowest BCUT2D eigenvalue weighted by Gasteiger charge is -2.05. The molecule has 0 fully saturated rings. The van der Waals surface area contributed by atoms with Gasteiger partial charge in [-0.1, -0.05) is 41.0 Å². The van der Waals surface area contributed by atoms with Crippen LogP contribution in [0.1, 0.15) is 17.9 Å². The van der Waals surface area contributed by atoms with E-state index in [9.17, 15) is 4.79 Å². The number of nitrogens with zero attached hydrogens (tertiary/aromatic N) is 2. The molecule has 2 aromatic carbocycles. The molecule has 26 heavy (non-hydrogen) atoms. The third kappa shape index (κ3) is 4.61. The Morgan fingerprint density at radius 2 is 1.96 bits per heavy atom. The zero-order valence-electron chi connectivity index (χ0n) is 14.2. The van der Waals surface area contributed by atoms with Gasteiger partial charge in [0.25, 0.3) is 0 Å². The highest BCUT2D eigenvalue weighted by Crippen LogP contribution is 2.25. The molecule has 1 amide bonds.